The van der Waals surface area contributed by atoms with E-state index in [1.165, 1.54) is 23.2 Å². The van der Waals surface area contributed by atoms with Crippen molar-refractivity contribution in [3.05, 3.63) is 112 Å². The molecular weight excluding hydrogens is 623 g/mol. The lowest BCUT2D eigenvalue weighted by Crippen LogP contribution is -2.14. The van der Waals surface area contributed by atoms with Crippen molar-refractivity contribution in [3.63, 3.8) is 0 Å². The molecule has 15 heteroatoms. The number of nitrogens with one attached hydrogen (secondary N) is 1. The van der Waals surface area contributed by atoms with Crippen LogP contribution in [0.5, 0.6) is 0 Å². The summed E-state index contributed by atoms with van der Waals surface area (Å²) in [7, 11) is 0. The smallest absolute Gasteiger partial charge is 0.322 e. The number of anilines is 1. The highest BCUT2D eigenvalue weighted by Crippen LogP contribution is 2.33. The van der Waals surface area contributed by atoms with Crippen LogP contribution in [-0.2, 0) is 6.18 Å². The molecule has 0 saturated heterocycles. The predicted octanol–water partition coefficient (Wildman–Crippen LogP) is 8.02. The molecule has 0 bridgehead atoms. The molecule has 0 aliphatic carbocycles. The third-order valence-electron chi connectivity index (χ3n) is 5.90. The fraction of sp³-hybridized carbons (Fsp3) is 0.138. The third kappa shape index (κ3) is 8.37. The molecule has 3 aromatic carbocycles. The van der Waals surface area contributed by atoms with Gasteiger partial charge >= 0.3 is 6.18 Å². The number of hydrogen-bond donors (Lipinski definition) is 1. The number of hydrogen-bond acceptors (Lipinski definition) is 5. The third-order valence-corrected chi connectivity index (χ3v) is 6.12. The van der Waals surface area contributed by atoms with E-state index >= 15 is 0 Å². The summed E-state index contributed by atoms with van der Waals surface area (Å²) in [4.78, 5) is 48.5. The van der Waals surface area contributed by atoms with Crippen LogP contribution in [0.3, 0.4) is 0 Å². The first-order chi connectivity index (χ1) is 20.6. The molecule has 1 heterocycles. The largest absolute Gasteiger partial charge is 0.416 e. The van der Waals surface area contributed by atoms with Crippen LogP contribution < -0.4 is 5.32 Å². The molecule has 1 aromatic heterocycles. The molecule has 1 amide bonds. The molecule has 0 atom stereocenters. The minimum atomic E-state index is -4.67. The standard InChI is InChI=1S/C20H14F5N3O2.C9H5ClF2O2/c1-11-8-28(10-26-11)16-6-14(20(23,24)25)5-15(7-16)27-19(30)12-2-3-17(18(21)22)13(4-12)9-29;10-8(14)5-1-2-7(9(11)12)6(3-5)4-13/h2-10,18H,1H3,(H,27,30);1-4,9H. The SMILES string of the molecule is Cc1cn(-c2cc(NC(=O)c3ccc(C(F)F)c(C=O)c3)cc(C(F)(F)F)c2)cn1.O=Cc1cc(C(=O)Cl)ccc1C(F)F. The molecule has 7 nitrogen and oxygen atoms in total. The van der Waals surface area contributed by atoms with Crippen LogP contribution in [0.1, 0.15) is 76.7 Å². The Kier molecular flexibility index (Phi) is 10.8. The van der Waals surface area contributed by atoms with Gasteiger partial charge in [-0.2, -0.15) is 13.2 Å². The summed E-state index contributed by atoms with van der Waals surface area (Å²) in [6.07, 6.45) is -7.03. The number of rotatable bonds is 8. The number of imidazole rings is 1. The molecule has 4 aromatic rings. The molecule has 0 spiro atoms. The quantitative estimate of drug-likeness (QED) is 0.119. The lowest BCUT2D eigenvalue weighted by atomic mass is 10.0. The van der Waals surface area contributed by atoms with Crippen molar-refractivity contribution < 1.29 is 49.9 Å². The van der Waals surface area contributed by atoms with Crippen molar-refractivity contribution in [2.75, 3.05) is 5.32 Å². The second kappa shape index (κ2) is 14.1. The van der Waals surface area contributed by atoms with E-state index in [2.05, 4.69) is 10.3 Å². The Labute approximate surface area is 249 Å². The van der Waals surface area contributed by atoms with Crippen molar-refractivity contribution in [1.82, 2.24) is 9.55 Å². The molecule has 0 radical (unpaired) electrons. The van der Waals surface area contributed by atoms with Crippen LogP contribution in [0.2, 0.25) is 0 Å². The maximum Gasteiger partial charge on any atom is 0.416 e. The molecule has 230 valence electrons. The van der Waals surface area contributed by atoms with Crippen LogP contribution in [0.25, 0.3) is 5.69 Å². The van der Waals surface area contributed by atoms with Crippen LogP contribution in [-0.4, -0.2) is 33.3 Å². The second-order valence-electron chi connectivity index (χ2n) is 8.94. The Hall–Kier alpha value is -4.85. The van der Waals surface area contributed by atoms with Gasteiger partial charge < -0.3 is 9.88 Å². The number of aldehydes is 2. The zero-order chi connectivity index (χ0) is 32.8. The summed E-state index contributed by atoms with van der Waals surface area (Å²) in [5, 5.41) is 1.53. The highest BCUT2D eigenvalue weighted by molar-refractivity contribution is 6.67. The van der Waals surface area contributed by atoms with Crippen molar-refractivity contribution in [2.45, 2.75) is 26.0 Å². The normalized spacial score (nSPS) is 11.2. The molecule has 0 fully saturated rings. The Balaban J connectivity index is 0.000000317. The van der Waals surface area contributed by atoms with Gasteiger partial charge in [0, 0.05) is 51.0 Å². The summed E-state index contributed by atoms with van der Waals surface area (Å²) in [6, 6.07) is 9.13. The number of alkyl halides is 7. The highest BCUT2D eigenvalue weighted by atomic mass is 35.5. The van der Waals surface area contributed by atoms with Gasteiger partial charge in [-0.25, -0.2) is 22.5 Å². The summed E-state index contributed by atoms with van der Waals surface area (Å²) < 4.78 is 91.6. The molecule has 0 unspecified atom stereocenters. The topological polar surface area (TPSA) is 98.1 Å². The first kappa shape index (κ1) is 33.6. The van der Waals surface area contributed by atoms with E-state index in [1.54, 1.807) is 6.92 Å². The minimum absolute atomic E-state index is 0.0261. The molecule has 0 aliphatic heterocycles. The van der Waals surface area contributed by atoms with Gasteiger partial charge in [0.05, 0.1) is 17.6 Å². The average molecular weight is 642 g/mol. The van der Waals surface area contributed by atoms with Gasteiger partial charge in [0.25, 0.3) is 24.0 Å². The number of carbonyl (C=O) groups is 4. The second-order valence-corrected chi connectivity index (χ2v) is 9.28. The summed E-state index contributed by atoms with van der Waals surface area (Å²) in [6.45, 7) is 1.67. The van der Waals surface area contributed by atoms with Crippen LogP contribution in [0.15, 0.2) is 67.1 Å². The number of halogens is 8. The van der Waals surface area contributed by atoms with Crippen molar-refractivity contribution in [1.29, 1.82) is 0 Å². The number of benzene rings is 3. The molecule has 0 aliphatic rings. The first-order valence-corrected chi connectivity index (χ1v) is 12.5. The van der Waals surface area contributed by atoms with E-state index in [4.69, 9.17) is 11.6 Å². The Morgan fingerprint density at radius 2 is 1.41 bits per heavy atom. The lowest BCUT2D eigenvalue weighted by molar-refractivity contribution is -0.137. The van der Waals surface area contributed by atoms with E-state index in [-0.39, 0.29) is 46.2 Å². The van der Waals surface area contributed by atoms with Gasteiger partial charge in [-0.1, -0.05) is 12.1 Å². The van der Waals surface area contributed by atoms with Gasteiger partial charge in [0.15, 0.2) is 12.6 Å². The van der Waals surface area contributed by atoms with Crippen LogP contribution in [0, 0.1) is 6.92 Å². The fourth-order valence-electron chi connectivity index (χ4n) is 3.78. The van der Waals surface area contributed by atoms with E-state index < -0.39 is 46.9 Å². The minimum Gasteiger partial charge on any atom is -0.322 e. The van der Waals surface area contributed by atoms with E-state index in [1.807, 2.05) is 0 Å². The molecule has 1 N–H and O–H groups in total. The molecule has 0 saturated carbocycles. The summed E-state index contributed by atoms with van der Waals surface area (Å²) in [5.41, 5.74) is -2.13. The maximum absolute atomic E-state index is 13.3. The average Bonchev–Trinajstić information content (AvgIpc) is 3.42. The van der Waals surface area contributed by atoms with Crippen molar-refractivity contribution in [3.8, 4) is 5.69 Å². The van der Waals surface area contributed by atoms with Gasteiger partial charge in [-0.3, -0.25) is 19.2 Å². The summed E-state index contributed by atoms with van der Waals surface area (Å²) >= 11 is 5.12. The van der Waals surface area contributed by atoms with E-state index in [0.29, 0.717) is 5.69 Å². The van der Waals surface area contributed by atoms with E-state index in [0.717, 1.165) is 48.5 Å². The van der Waals surface area contributed by atoms with Crippen molar-refractivity contribution >= 4 is 41.0 Å². The van der Waals surface area contributed by atoms with E-state index in [9.17, 15) is 49.9 Å². The number of carbonyl (C=O) groups excluding carboxylic acids is 4. The fourth-order valence-corrected chi connectivity index (χ4v) is 3.89. The van der Waals surface area contributed by atoms with Gasteiger partial charge in [-0.15, -0.1) is 0 Å². The Bertz CT molecular complexity index is 1700. The number of aryl methyl sites for hydroxylation is 1. The monoisotopic (exact) mass is 641 g/mol. The van der Waals surface area contributed by atoms with Gasteiger partial charge in [0.1, 0.15) is 0 Å². The van der Waals surface area contributed by atoms with Gasteiger partial charge in [-0.05, 0) is 61.0 Å². The highest BCUT2D eigenvalue weighted by Gasteiger charge is 2.31. The predicted molar refractivity (Wildman–Crippen MR) is 145 cm³/mol. The first-order valence-electron chi connectivity index (χ1n) is 12.1. The molecular formula is C29H19ClF7N3O4. The Morgan fingerprint density at radius 3 is 1.86 bits per heavy atom. The maximum atomic E-state index is 13.3. The number of nitrogens with zero attached hydrogens (tertiary/aromatic N) is 2. The number of amides is 1. The molecule has 44 heavy (non-hydrogen) atoms. The lowest BCUT2D eigenvalue weighted by Gasteiger charge is -2.14. The van der Waals surface area contributed by atoms with Gasteiger partial charge in [0.2, 0.25) is 0 Å². The molecule has 4 rings (SSSR count). The zero-order valence-corrected chi connectivity index (χ0v) is 23.0. The van der Waals surface area contributed by atoms with Crippen LogP contribution in [0.4, 0.5) is 36.4 Å². The zero-order valence-electron chi connectivity index (χ0n) is 22.2. The Morgan fingerprint density at radius 1 is 0.864 bits per heavy atom. The van der Waals surface area contributed by atoms with Crippen molar-refractivity contribution in [2.24, 2.45) is 0 Å². The van der Waals surface area contributed by atoms with Crippen LogP contribution >= 0.6 is 11.6 Å². The number of aromatic nitrogens is 2. The summed E-state index contributed by atoms with van der Waals surface area (Å²) in [5.74, 6) is -0.856.